The number of anilines is 2. The average Bonchev–Trinajstić information content (AvgIpc) is 2.78. The summed E-state index contributed by atoms with van der Waals surface area (Å²) in [6, 6.07) is 6.43. The van der Waals surface area contributed by atoms with Crippen molar-refractivity contribution in [3.8, 4) is 0 Å². The lowest BCUT2D eigenvalue weighted by molar-refractivity contribution is -0.154. The van der Waals surface area contributed by atoms with E-state index in [1.807, 2.05) is 25.7 Å². The SMILES string of the molecule is CC(C)(C)NOC(=O)CCNC(=O)c1ccc(N2CCC(Nc3ncccn3)CC2)c(F)c1. The Kier molecular flexibility index (Phi) is 8.16. The third kappa shape index (κ3) is 7.67. The van der Waals surface area contributed by atoms with Crippen molar-refractivity contribution in [1.29, 1.82) is 0 Å². The van der Waals surface area contributed by atoms with Gasteiger partial charge in [-0.25, -0.2) is 14.4 Å². The van der Waals surface area contributed by atoms with Crippen molar-refractivity contribution in [2.75, 3.05) is 29.9 Å². The molecule has 2 aromatic rings. The normalized spacial score (nSPS) is 14.6. The molecule has 0 aliphatic carbocycles. The van der Waals surface area contributed by atoms with Crippen molar-refractivity contribution in [3.05, 3.63) is 48.0 Å². The van der Waals surface area contributed by atoms with Gasteiger partial charge >= 0.3 is 5.97 Å². The molecule has 0 saturated carbocycles. The maximum absolute atomic E-state index is 14.8. The van der Waals surface area contributed by atoms with E-state index < -0.39 is 17.7 Å². The molecule has 0 atom stereocenters. The minimum absolute atomic E-state index is 0.00634. The molecule has 10 heteroatoms. The molecular formula is C23H31FN6O3. The molecule has 1 fully saturated rings. The minimum atomic E-state index is -0.483. The molecule has 33 heavy (non-hydrogen) atoms. The number of halogens is 1. The van der Waals surface area contributed by atoms with Gasteiger partial charge in [0.2, 0.25) is 5.95 Å². The second kappa shape index (κ2) is 11.0. The zero-order valence-electron chi connectivity index (χ0n) is 19.2. The van der Waals surface area contributed by atoms with Gasteiger partial charge in [-0.3, -0.25) is 9.59 Å². The molecule has 0 spiro atoms. The number of benzene rings is 1. The number of hydrogen-bond donors (Lipinski definition) is 3. The number of carbonyl (C=O) groups is 2. The van der Waals surface area contributed by atoms with Crippen LogP contribution in [0.5, 0.6) is 0 Å². The number of hydroxylamine groups is 1. The zero-order chi connectivity index (χ0) is 23.8. The molecule has 3 rings (SSSR count). The fourth-order valence-corrected chi connectivity index (χ4v) is 3.37. The predicted octanol–water partition coefficient (Wildman–Crippen LogP) is 2.66. The molecule has 9 nitrogen and oxygen atoms in total. The summed E-state index contributed by atoms with van der Waals surface area (Å²) in [6.45, 7) is 7.03. The van der Waals surface area contributed by atoms with Crippen LogP contribution in [0.4, 0.5) is 16.0 Å². The van der Waals surface area contributed by atoms with E-state index in [9.17, 15) is 14.0 Å². The molecule has 1 aromatic heterocycles. The summed E-state index contributed by atoms with van der Waals surface area (Å²) in [7, 11) is 0. The van der Waals surface area contributed by atoms with Gasteiger partial charge in [-0.15, -0.1) is 5.48 Å². The molecule has 1 aromatic carbocycles. The minimum Gasteiger partial charge on any atom is -0.370 e. The van der Waals surface area contributed by atoms with E-state index >= 15 is 0 Å². The van der Waals surface area contributed by atoms with Gasteiger partial charge in [0.1, 0.15) is 5.82 Å². The fraction of sp³-hybridized carbons (Fsp3) is 0.478. The highest BCUT2D eigenvalue weighted by Gasteiger charge is 2.22. The Labute approximate surface area is 193 Å². The van der Waals surface area contributed by atoms with Crippen LogP contribution in [0.1, 0.15) is 50.4 Å². The van der Waals surface area contributed by atoms with Crippen molar-refractivity contribution >= 4 is 23.5 Å². The molecule has 0 radical (unpaired) electrons. The van der Waals surface area contributed by atoms with E-state index in [1.165, 1.54) is 6.07 Å². The van der Waals surface area contributed by atoms with Crippen LogP contribution in [-0.2, 0) is 9.63 Å². The highest BCUT2D eigenvalue weighted by atomic mass is 19.1. The van der Waals surface area contributed by atoms with Crippen LogP contribution >= 0.6 is 0 Å². The maximum Gasteiger partial charge on any atom is 0.326 e. The number of hydrogen-bond acceptors (Lipinski definition) is 8. The van der Waals surface area contributed by atoms with Crippen molar-refractivity contribution < 1.29 is 18.8 Å². The highest BCUT2D eigenvalue weighted by molar-refractivity contribution is 5.94. The maximum atomic E-state index is 14.8. The van der Waals surface area contributed by atoms with Crippen LogP contribution in [0.3, 0.4) is 0 Å². The number of carbonyl (C=O) groups excluding carboxylic acids is 2. The topological polar surface area (TPSA) is 108 Å². The summed E-state index contributed by atoms with van der Waals surface area (Å²) in [4.78, 5) is 39.3. The van der Waals surface area contributed by atoms with Gasteiger partial charge in [-0.1, -0.05) is 0 Å². The van der Waals surface area contributed by atoms with E-state index in [2.05, 4.69) is 26.1 Å². The number of nitrogens with zero attached hydrogens (tertiary/aromatic N) is 3. The lowest BCUT2D eigenvalue weighted by atomic mass is 10.0. The molecule has 0 bridgehead atoms. The molecule has 1 aliphatic heterocycles. The van der Waals surface area contributed by atoms with Gasteiger partial charge in [0.15, 0.2) is 0 Å². The Morgan fingerprint density at radius 1 is 1.18 bits per heavy atom. The van der Waals surface area contributed by atoms with Crippen LogP contribution in [-0.4, -0.2) is 53.1 Å². The lowest BCUT2D eigenvalue weighted by Gasteiger charge is -2.34. The number of amides is 1. The summed E-state index contributed by atoms with van der Waals surface area (Å²) in [5.74, 6) is -0.781. The molecule has 1 amide bonds. The summed E-state index contributed by atoms with van der Waals surface area (Å²) in [5, 5.41) is 5.92. The van der Waals surface area contributed by atoms with Gasteiger partial charge in [-0.2, -0.15) is 0 Å². The zero-order valence-corrected chi connectivity index (χ0v) is 19.2. The molecule has 178 valence electrons. The van der Waals surface area contributed by atoms with Crippen molar-refractivity contribution in [1.82, 2.24) is 20.8 Å². The summed E-state index contributed by atoms with van der Waals surface area (Å²) >= 11 is 0. The van der Waals surface area contributed by atoms with E-state index in [0.29, 0.717) is 24.7 Å². The second-order valence-electron chi connectivity index (χ2n) is 8.98. The Balaban J connectivity index is 1.45. The smallest absolute Gasteiger partial charge is 0.326 e. The number of nitrogens with one attached hydrogen (secondary N) is 3. The predicted molar refractivity (Wildman–Crippen MR) is 123 cm³/mol. The first kappa shape index (κ1) is 24.4. The van der Waals surface area contributed by atoms with Crippen LogP contribution < -0.4 is 21.0 Å². The van der Waals surface area contributed by atoms with Gasteiger partial charge in [0.25, 0.3) is 5.91 Å². The Morgan fingerprint density at radius 3 is 2.52 bits per heavy atom. The molecule has 1 aliphatic rings. The lowest BCUT2D eigenvalue weighted by Crippen LogP contribution is -2.39. The van der Waals surface area contributed by atoms with Gasteiger partial charge in [-0.05, 0) is 57.9 Å². The monoisotopic (exact) mass is 458 g/mol. The van der Waals surface area contributed by atoms with E-state index in [-0.39, 0.29) is 30.1 Å². The van der Waals surface area contributed by atoms with Crippen LogP contribution in [0.15, 0.2) is 36.7 Å². The van der Waals surface area contributed by atoms with E-state index in [4.69, 9.17) is 4.84 Å². The third-order valence-corrected chi connectivity index (χ3v) is 5.03. The standard InChI is InChI=1S/C23H31FN6O3/c1-23(2,3)29-33-20(31)7-12-25-21(32)16-5-6-19(18(24)15-16)30-13-8-17(9-14-30)28-22-26-10-4-11-27-22/h4-6,10-11,15,17,29H,7-9,12-14H2,1-3H3,(H,25,32)(H,26,27,28). The van der Waals surface area contributed by atoms with E-state index in [1.54, 1.807) is 30.6 Å². The van der Waals surface area contributed by atoms with Crippen molar-refractivity contribution in [3.63, 3.8) is 0 Å². The number of piperidine rings is 1. The summed E-state index contributed by atoms with van der Waals surface area (Å²) in [6.07, 6.45) is 5.02. The molecule has 2 heterocycles. The van der Waals surface area contributed by atoms with Crippen LogP contribution in [0.2, 0.25) is 0 Å². The molecule has 0 unspecified atom stereocenters. The Hall–Kier alpha value is -3.27. The molecule has 1 saturated heterocycles. The van der Waals surface area contributed by atoms with Gasteiger partial charge in [0, 0.05) is 49.2 Å². The van der Waals surface area contributed by atoms with Gasteiger partial charge < -0.3 is 20.4 Å². The van der Waals surface area contributed by atoms with Crippen LogP contribution in [0, 0.1) is 5.82 Å². The van der Waals surface area contributed by atoms with E-state index in [0.717, 1.165) is 12.8 Å². The molecular weight excluding hydrogens is 427 g/mol. The second-order valence-corrected chi connectivity index (χ2v) is 8.98. The fourth-order valence-electron chi connectivity index (χ4n) is 3.37. The van der Waals surface area contributed by atoms with Crippen molar-refractivity contribution in [2.24, 2.45) is 0 Å². The summed E-state index contributed by atoms with van der Waals surface area (Å²) < 4.78 is 14.8. The number of aromatic nitrogens is 2. The first-order valence-corrected chi connectivity index (χ1v) is 11.0. The quantitative estimate of drug-likeness (QED) is 0.518. The number of rotatable bonds is 8. The third-order valence-electron chi connectivity index (χ3n) is 5.03. The summed E-state index contributed by atoms with van der Waals surface area (Å²) in [5.41, 5.74) is 2.94. The molecule has 3 N–H and O–H groups in total. The Morgan fingerprint density at radius 2 is 1.88 bits per heavy atom. The van der Waals surface area contributed by atoms with Crippen molar-refractivity contribution in [2.45, 2.75) is 51.6 Å². The average molecular weight is 459 g/mol. The first-order chi connectivity index (χ1) is 15.7. The van der Waals surface area contributed by atoms with Gasteiger partial charge in [0.05, 0.1) is 12.1 Å². The first-order valence-electron chi connectivity index (χ1n) is 11.0. The van der Waals surface area contributed by atoms with Crippen LogP contribution in [0.25, 0.3) is 0 Å². The Bertz CT molecular complexity index is 943. The largest absolute Gasteiger partial charge is 0.370 e. The highest BCUT2D eigenvalue weighted by Crippen LogP contribution is 2.25.